The number of carboxylic acids is 2. The average Bonchev–Trinajstić information content (AvgIpc) is 2.67. The molecule has 32 heavy (non-hydrogen) atoms. The van der Waals surface area contributed by atoms with Gasteiger partial charge in [-0.2, -0.15) is 12.6 Å². The highest BCUT2D eigenvalue weighted by Gasteiger charge is 2.31. The number of aliphatic carboxylic acids is 2. The molecule has 0 rings (SSSR count). The predicted molar refractivity (Wildman–Crippen MR) is 110 cm³/mol. The van der Waals surface area contributed by atoms with Crippen LogP contribution >= 0.6 is 12.6 Å². The molecule has 0 aromatic rings. The molecule has 0 radical (unpaired) electrons. The topological polar surface area (TPSA) is 274 Å². The van der Waals surface area contributed by atoms with Crippen LogP contribution in [0.25, 0.3) is 0 Å². The van der Waals surface area contributed by atoms with E-state index in [0.29, 0.717) is 0 Å². The molecule has 0 aliphatic rings. The standard InChI is InChI=1S/C16H26N6O9S/c17-6(5-32)13(27)20-7(1-2-12(25)26)14(28)21-8(3-10(18)23)15(29)22-9(16(30)31)4-11(19)24/h6-9,32H,1-5,17H2,(H2,18,23)(H2,19,24)(H,20,27)(H,21,28)(H,22,29)(H,25,26)(H,30,31). The fourth-order valence-electron chi connectivity index (χ4n) is 2.25. The number of nitrogens with one attached hydrogen (secondary N) is 3. The van der Waals surface area contributed by atoms with E-state index in [4.69, 9.17) is 27.4 Å². The lowest BCUT2D eigenvalue weighted by Crippen LogP contribution is -2.58. The molecule has 11 N–H and O–H groups in total. The molecule has 0 saturated heterocycles. The zero-order valence-electron chi connectivity index (χ0n) is 16.8. The second-order valence-electron chi connectivity index (χ2n) is 6.58. The minimum absolute atomic E-state index is 0.0811. The number of hydrogen-bond acceptors (Lipinski definition) is 9. The lowest BCUT2D eigenvalue weighted by molar-refractivity contribution is -0.144. The maximum Gasteiger partial charge on any atom is 0.326 e. The number of nitrogens with two attached hydrogens (primary N) is 3. The van der Waals surface area contributed by atoms with E-state index in [-0.39, 0.29) is 5.75 Å². The van der Waals surface area contributed by atoms with Gasteiger partial charge in [-0.3, -0.25) is 28.8 Å². The van der Waals surface area contributed by atoms with Crippen molar-refractivity contribution in [3.05, 3.63) is 0 Å². The van der Waals surface area contributed by atoms with Gasteiger partial charge < -0.3 is 43.4 Å². The van der Waals surface area contributed by atoms with Gasteiger partial charge in [-0.15, -0.1) is 0 Å². The van der Waals surface area contributed by atoms with Crippen LogP contribution < -0.4 is 33.2 Å². The van der Waals surface area contributed by atoms with E-state index in [9.17, 15) is 33.6 Å². The Morgan fingerprint density at radius 3 is 1.62 bits per heavy atom. The van der Waals surface area contributed by atoms with E-state index in [0.717, 1.165) is 0 Å². The van der Waals surface area contributed by atoms with Crippen LogP contribution in [-0.2, 0) is 33.6 Å². The smallest absolute Gasteiger partial charge is 0.326 e. The first-order chi connectivity index (χ1) is 14.8. The van der Waals surface area contributed by atoms with Crippen LogP contribution in [0.1, 0.15) is 25.7 Å². The Labute approximate surface area is 187 Å². The second-order valence-corrected chi connectivity index (χ2v) is 6.95. The molecule has 5 amide bonds. The van der Waals surface area contributed by atoms with E-state index in [1.807, 2.05) is 5.32 Å². The van der Waals surface area contributed by atoms with Gasteiger partial charge in [0.15, 0.2) is 0 Å². The summed E-state index contributed by atoms with van der Waals surface area (Å²) in [4.78, 5) is 81.3. The van der Waals surface area contributed by atoms with Gasteiger partial charge in [0.05, 0.1) is 18.9 Å². The fourth-order valence-corrected chi connectivity index (χ4v) is 2.42. The molecule has 15 nitrogen and oxygen atoms in total. The van der Waals surface area contributed by atoms with Crippen LogP contribution in [-0.4, -0.2) is 81.6 Å². The van der Waals surface area contributed by atoms with Crippen LogP contribution in [0.5, 0.6) is 0 Å². The van der Waals surface area contributed by atoms with Gasteiger partial charge in [-0.1, -0.05) is 0 Å². The van der Waals surface area contributed by atoms with E-state index in [1.54, 1.807) is 0 Å². The number of hydrogen-bond donors (Lipinski definition) is 9. The van der Waals surface area contributed by atoms with Crippen molar-refractivity contribution in [2.45, 2.75) is 49.9 Å². The van der Waals surface area contributed by atoms with Crippen LogP contribution in [0.4, 0.5) is 0 Å². The summed E-state index contributed by atoms with van der Waals surface area (Å²) in [5.74, 6) is -8.11. The van der Waals surface area contributed by atoms with Crippen LogP contribution in [0.15, 0.2) is 0 Å². The number of amides is 5. The molecule has 0 saturated carbocycles. The van der Waals surface area contributed by atoms with E-state index in [2.05, 4.69) is 23.3 Å². The van der Waals surface area contributed by atoms with Crippen molar-refractivity contribution in [2.75, 3.05) is 5.75 Å². The zero-order chi connectivity index (χ0) is 25.0. The Kier molecular flexibility index (Phi) is 12.3. The van der Waals surface area contributed by atoms with Crippen molar-refractivity contribution < 1.29 is 43.8 Å². The van der Waals surface area contributed by atoms with Gasteiger partial charge in [0.1, 0.15) is 18.1 Å². The Balaban J connectivity index is 5.55. The zero-order valence-corrected chi connectivity index (χ0v) is 17.7. The van der Waals surface area contributed by atoms with Crippen molar-refractivity contribution in [1.82, 2.24) is 16.0 Å². The minimum Gasteiger partial charge on any atom is -0.481 e. The summed E-state index contributed by atoms with van der Waals surface area (Å²) in [5, 5.41) is 24.2. The highest BCUT2D eigenvalue weighted by molar-refractivity contribution is 7.80. The summed E-state index contributed by atoms with van der Waals surface area (Å²) in [7, 11) is 0. The first kappa shape index (κ1) is 28.6. The summed E-state index contributed by atoms with van der Waals surface area (Å²) >= 11 is 3.84. The molecule has 0 aliphatic carbocycles. The molecule has 16 heteroatoms. The number of thiol groups is 1. The molecule has 180 valence electrons. The van der Waals surface area contributed by atoms with E-state index < -0.39 is 91.3 Å². The summed E-state index contributed by atoms with van der Waals surface area (Å²) in [6.07, 6.45) is -2.47. The van der Waals surface area contributed by atoms with Crippen molar-refractivity contribution in [2.24, 2.45) is 17.2 Å². The lowest BCUT2D eigenvalue weighted by Gasteiger charge is -2.24. The fraction of sp³-hybridized carbons (Fsp3) is 0.562. The average molecular weight is 478 g/mol. The molecule has 0 aliphatic heterocycles. The summed E-state index contributed by atoms with van der Waals surface area (Å²) in [6, 6.07) is -6.03. The molecule has 0 aromatic heterocycles. The molecular weight excluding hydrogens is 452 g/mol. The monoisotopic (exact) mass is 478 g/mol. The highest BCUT2D eigenvalue weighted by Crippen LogP contribution is 2.03. The van der Waals surface area contributed by atoms with Gasteiger partial charge in [0.2, 0.25) is 29.5 Å². The highest BCUT2D eigenvalue weighted by atomic mass is 32.1. The van der Waals surface area contributed by atoms with Crippen LogP contribution in [0.2, 0.25) is 0 Å². The first-order valence-electron chi connectivity index (χ1n) is 9.07. The van der Waals surface area contributed by atoms with Gasteiger partial charge in [0.25, 0.3) is 0 Å². The normalized spacial score (nSPS) is 14.2. The van der Waals surface area contributed by atoms with Crippen molar-refractivity contribution in [3.8, 4) is 0 Å². The van der Waals surface area contributed by atoms with E-state index >= 15 is 0 Å². The van der Waals surface area contributed by atoms with Gasteiger partial charge in [-0.25, -0.2) is 4.79 Å². The predicted octanol–water partition coefficient (Wildman–Crippen LogP) is -4.60. The minimum atomic E-state index is -1.75. The molecule has 4 unspecified atom stereocenters. The maximum atomic E-state index is 12.6. The molecule has 0 aromatic carbocycles. The maximum absolute atomic E-state index is 12.6. The SMILES string of the molecule is NC(=O)CC(NC(=O)C(CC(N)=O)NC(=O)C(CCC(=O)O)NC(=O)C(N)CS)C(=O)O. The van der Waals surface area contributed by atoms with Crippen LogP contribution in [0.3, 0.4) is 0 Å². The third kappa shape index (κ3) is 11.1. The summed E-state index contributed by atoms with van der Waals surface area (Å²) in [5.41, 5.74) is 15.5. The summed E-state index contributed by atoms with van der Waals surface area (Å²) in [6.45, 7) is 0. The molecule has 4 atom stereocenters. The first-order valence-corrected chi connectivity index (χ1v) is 9.70. The lowest BCUT2D eigenvalue weighted by atomic mass is 10.1. The quantitative estimate of drug-likeness (QED) is 0.102. The summed E-state index contributed by atoms with van der Waals surface area (Å²) < 4.78 is 0. The van der Waals surface area contributed by atoms with Crippen molar-refractivity contribution >= 4 is 54.1 Å². The number of primary amides is 2. The molecule has 0 heterocycles. The third-order valence-electron chi connectivity index (χ3n) is 3.87. The van der Waals surface area contributed by atoms with Gasteiger partial charge in [0, 0.05) is 12.2 Å². The molecular formula is C16H26N6O9S. The number of carbonyl (C=O) groups excluding carboxylic acids is 5. The Hall–Kier alpha value is -3.40. The Morgan fingerprint density at radius 2 is 1.19 bits per heavy atom. The molecule has 0 spiro atoms. The van der Waals surface area contributed by atoms with Gasteiger partial charge >= 0.3 is 11.9 Å². The third-order valence-corrected chi connectivity index (χ3v) is 4.26. The molecule has 0 bridgehead atoms. The Morgan fingerprint density at radius 1 is 0.750 bits per heavy atom. The van der Waals surface area contributed by atoms with Gasteiger partial charge in [-0.05, 0) is 6.42 Å². The largest absolute Gasteiger partial charge is 0.481 e. The van der Waals surface area contributed by atoms with Crippen molar-refractivity contribution in [3.63, 3.8) is 0 Å². The number of rotatable bonds is 15. The van der Waals surface area contributed by atoms with Crippen LogP contribution in [0, 0.1) is 0 Å². The van der Waals surface area contributed by atoms with E-state index in [1.165, 1.54) is 0 Å². The number of carbonyl (C=O) groups is 7. The molecule has 0 fully saturated rings. The number of carboxylic acid groups (broad SMARTS) is 2. The van der Waals surface area contributed by atoms with Crippen molar-refractivity contribution in [1.29, 1.82) is 0 Å². The Bertz CT molecular complexity index is 762. The second kappa shape index (κ2) is 13.8.